The molecule has 6 heteroatoms. The van der Waals surface area contributed by atoms with Gasteiger partial charge in [-0.15, -0.1) is 6.42 Å². The lowest BCUT2D eigenvalue weighted by Crippen LogP contribution is -2.30. The second-order valence-electron chi connectivity index (χ2n) is 6.53. The van der Waals surface area contributed by atoms with Crippen LogP contribution < -0.4 is 4.74 Å². The van der Waals surface area contributed by atoms with E-state index >= 15 is 0 Å². The topological polar surface area (TPSA) is 59.8 Å². The van der Waals surface area contributed by atoms with Gasteiger partial charge in [0.15, 0.2) is 5.76 Å². The Balaban J connectivity index is 1.77. The van der Waals surface area contributed by atoms with E-state index in [4.69, 9.17) is 15.6 Å². The monoisotopic (exact) mass is 419 g/mol. The van der Waals surface area contributed by atoms with Crippen LogP contribution in [0.3, 0.4) is 0 Å². The summed E-state index contributed by atoms with van der Waals surface area (Å²) >= 11 is 0. The van der Waals surface area contributed by atoms with Crippen molar-refractivity contribution in [3.63, 3.8) is 0 Å². The van der Waals surface area contributed by atoms with Crippen molar-refractivity contribution in [2.24, 2.45) is 0 Å². The molecule has 0 aliphatic rings. The zero-order chi connectivity index (χ0) is 21.6. The predicted octanol–water partition coefficient (Wildman–Crippen LogP) is 3.82. The minimum Gasteiger partial charge on any atom is -0.497 e. The molecule has 0 saturated carbocycles. The van der Waals surface area contributed by atoms with Gasteiger partial charge in [0.05, 0.1) is 25.1 Å². The van der Waals surface area contributed by atoms with Crippen LogP contribution in [0.5, 0.6) is 5.75 Å². The summed E-state index contributed by atoms with van der Waals surface area (Å²) in [6.07, 6.45) is 5.40. The number of sulfonamides is 1. The SMILES string of the molecule is C#CCN(Cc1ccc(C#Cc2ccc(OC)cc2)o1)S(=O)(=O)c1ccc(C)cc1. The number of hydrogen-bond acceptors (Lipinski definition) is 4. The van der Waals surface area contributed by atoms with Crippen LogP contribution in [-0.4, -0.2) is 26.4 Å². The molecule has 1 heterocycles. The van der Waals surface area contributed by atoms with Gasteiger partial charge in [0.2, 0.25) is 10.0 Å². The highest BCUT2D eigenvalue weighted by Crippen LogP contribution is 2.20. The van der Waals surface area contributed by atoms with Crippen LogP contribution in [0.1, 0.15) is 22.6 Å². The highest BCUT2D eigenvalue weighted by molar-refractivity contribution is 7.89. The molecule has 0 fully saturated rings. The van der Waals surface area contributed by atoms with Crippen molar-refractivity contribution in [2.75, 3.05) is 13.7 Å². The highest BCUT2D eigenvalue weighted by atomic mass is 32.2. The normalized spacial score (nSPS) is 10.9. The summed E-state index contributed by atoms with van der Waals surface area (Å²) in [6.45, 7) is 1.85. The number of aryl methyl sites for hydroxylation is 1. The van der Waals surface area contributed by atoms with Gasteiger partial charge >= 0.3 is 0 Å². The molecule has 0 unspecified atom stereocenters. The van der Waals surface area contributed by atoms with Crippen LogP contribution in [-0.2, 0) is 16.6 Å². The van der Waals surface area contributed by atoms with E-state index in [0.717, 1.165) is 16.9 Å². The molecule has 0 aliphatic heterocycles. The summed E-state index contributed by atoms with van der Waals surface area (Å²) in [5.41, 5.74) is 1.79. The first kappa shape index (κ1) is 21.3. The van der Waals surface area contributed by atoms with Crippen LogP contribution in [0.2, 0.25) is 0 Å². The number of ether oxygens (including phenoxy) is 1. The Hall–Kier alpha value is -3.45. The lowest BCUT2D eigenvalue weighted by atomic mass is 10.2. The Bertz CT molecular complexity index is 1210. The fraction of sp³-hybridized carbons (Fsp3) is 0.167. The van der Waals surface area contributed by atoms with Crippen molar-refractivity contribution in [1.82, 2.24) is 4.31 Å². The Morgan fingerprint density at radius 2 is 1.70 bits per heavy atom. The number of rotatable bonds is 6. The smallest absolute Gasteiger partial charge is 0.244 e. The summed E-state index contributed by atoms with van der Waals surface area (Å²) in [7, 11) is -2.14. The molecule has 0 aliphatic carbocycles. The van der Waals surface area contributed by atoms with Crippen molar-refractivity contribution < 1.29 is 17.6 Å². The van der Waals surface area contributed by atoms with Crippen LogP contribution in [0, 0.1) is 31.1 Å². The molecule has 0 N–H and O–H groups in total. The fourth-order valence-corrected chi connectivity index (χ4v) is 4.02. The molecule has 152 valence electrons. The van der Waals surface area contributed by atoms with Crippen LogP contribution >= 0.6 is 0 Å². The number of methoxy groups -OCH3 is 1. The van der Waals surface area contributed by atoms with Crippen LogP contribution in [0.25, 0.3) is 0 Å². The second kappa shape index (κ2) is 9.37. The molecule has 0 amide bonds. The molecule has 5 nitrogen and oxygen atoms in total. The molecule has 30 heavy (non-hydrogen) atoms. The predicted molar refractivity (Wildman–Crippen MR) is 115 cm³/mol. The maximum absolute atomic E-state index is 13.0. The first-order chi connectivity index (χ1) is 14.4. The summed E-state index contributed by atoms with van der Waals surface area (Å²) in [5, 5.41) is 0. The first-order valence-corrected chi connectivity index (χ1v) is 10.6. The van der Waals surface area contributed by atoms with Gasteiger partial charge in [-0.1, -0.05) is 29.5 Å². The lowest BCUT2D eigenvalue weighted by Gasteiger charge is -2.18. The quantitative estimate of drug-likeness (QED) is 0.570. The van der Waals surface area contributed by atoms with Gasteiger partial charge in [-0.05, 0) is 61.4 Å². The summed E-state index contributed by atoms with van der Waals surface area (Å²) < 4.78 is 37.9. The van der Waals surface area contributed by atoms with E-state index in [0.29, 0.717) is 11.5 Å². The Morgan fingerprint density at radius 1 is 1.00 bits per heavy atom. The van der Waals surface area contributed by atoms with Crippen molar-refractivity contribution in [3.8, 4) is 29.9 Å². The minimum atomic E-state index is -3.75. The maximum Gasteiger partial charge on any atom is 0.244 e. The molecule has 1 aromatic heterocycles. The van der Waals surface area contributed by atoms with Gasteiger partial charge in [0.25, 0.3) is 0 Å². The van der Waals surface area contributed by atoms with Gasteiger partial charge in [-0.2, -0.15) is 4.31 Å². The van der Waals surface area contributed by atoms with E-state index in [1.165, 1.54) is 4.31 Å². The molecule has 0 atom stereocenters. The molecular weight excluding hydrogens is 398 g/mol. The molecule has 0 bridgehead atoms. The molecule has 3 rings (SSSR count). The zero-order valence-corrected chi connectivity index (χ0v) is 17.6. The van der Waals surface area contributed by atoms with Crippen molar-refractivity contribution in [2.45, 2.75) is 18.4 Å². The molecule has 0 radical (unpaired) electrons. The number of terminal acetylenes is 1. The zero-order valence-electron chi connectivity index (χ0n) is 16.8. The van der Waals surface area contributed by atoms with E-state index in [1.807, 2.05) is 31.2 Å². The largest absolute Gasteiger partial charge is 0.497 e. The minimum absolute atomic E-state index is 0.0185. The van der Waals surface area contributed by atoms with Gasteiger partial charge in [0.1, 0.15) is 11.5 Å². The lowest BCUT2D eigenvalue weighted by molar-refractivity contribution is 0.386. The number of hydrogen-bond donors (Lipinski definition) is 0. The standard InChI is InChI=1S/C24H21NO4S/c1-4-17-25(30(26,27)24-15-5-19(2)6-16-24)18-23-14-13-22(29-23)12-9-20-7-10-21(28-3)11-8-20/h1,5-8,10-11,13-16H,17-18H2,2-3H3. The first-order valence-electron chi connectivity index (χ1n) is 9.17. The van der Waals surface area contributed by atoms with E-state index in [9.17, 15) is 8.42 Å². The average molecular weight is 420 g/mol. The summed E-state index contributed by atoms with van der Waals surface area (Å²) in [6, 6.07) is 17.4. The fourth-order valence-electron chi connectivity index (χ4n) is 2.70. The van der Waals surface area contributed by atoms with Gasteiger partial charge in [0, 0.05) is 5.56 Å². The van der Waals surface area contributed by atoms with E-state index < -0.39 is 10.0 Å². The molecule has 2 aromatic carbocycles. The van der Waals surface area contributed by atoms with Crippen LogP contribution in [0.4, 0.5) is 0 Å². The molecule has 3 aromatic rings. The average Bonchev–Trinajstić information content (AvgIpc) is 3.20. The Kier molecular flexibility index (Phi) is 6.64. The molecule has 0 saturated heterocycles. The van der Waals surface area contributed by atoms with E-state index in [2.05, 4.69) is 17.8 Å². The molecule has 0 spiro atoms. The third-order valence-electron chi connectivity index (χ3n) is 4.34. The summed E-state index contributed by atoms with van der Waals surface area (Å²) in [5.74, 6) is 9.99. The second-order valence-corrected chi connectivity index (χ2v) is 8.47. The number of benzene rings is 2. The summed E-state index contributed by atoms with van der Waals surface area (Å²) in [4.78, 5) is 0.189. The van der Waals surface area contributed by atoms with E-state index in [1.54, 1.807) is 43.5 Å². The van der Waals surface area contributed by atoms with Gasteiger partial charge in [-0.25, -0.2) is 8.42 Å². The van der Waals surface area contributed by atoms with Gasteiger partial charge < -0.3 is 9.15 Å². The van der Waals surface area contributed by atoms with Crippen molar-refractivity contribution in [3.05, 3.63) is 83.3 Å². The Morgan fingerprint density at radius 3 is 2.33 bits per heavy atom. The molecular formula is C24H21NO4S. The van der Waals surface area contributed by atoms with Crippen molar-refractivity contribution >= 4 is 10.0 Å². The van der Waals surface area contributed by atoms with Crippen LogP contribution in [0.15, 0.2) is 70.0 Å². The van der Waals surface area contributed by atoms with E-state index in [-0.39, 0.29) is 18.0 Å². The third-order valence-corrected chi connectivity index (χ3v) is 6.15. The third kappa shape index (κ3) is 5.12. The van der Waals surface area contributed by atoms with Crippen molar-refractivity contribution in [1.29, 1.82) is 0 Å². The Labute approximate surface area is 177 Å². The van der Waals surface area contributed by atoms with Gasteiger partial charge in [-0.3, -0.25) is 0 Å². The number of nitrogens with zero attached hydrogens (tertiary/aromatic N) is 1. The highest BCUT2D eigenvalue weighted by Gasteiger charge is 2.25. The maximum atomic E-state index is 13.0. The number of furan rings is 1.